The van der Waals surface area contributed by atoms with Gasteiger partial charge in [0.2, 0.25) is 5.82 Å². The van der Waals surface area contributed by atoms with Gasteiger partial charge in [0.15, 0.2) is 0 Å². The Morgan fingerprint density at radius 3 is 2.43 bits per heavy atom. The van der Waals surface area contributed by atoms with Crippen molar-refractivity contribution >= 4 is 0 Å². The van der Waals surface area contributed by atoms with Crippen LogP contribution in [0.15, 0.2) is 77.7 Å². The van der Waals surface area contributed by atoms with E-state index in [0.717, 1.165) is 16.7 Å². The molecule has 0 unspecified atom stereocenters. The maximum atomic E-state index is 5.35. The number of nitrogens with zero attached hydrogens (tertiary/aromatic N) is 4. The third-order valence-electron chi connectivity index (χ3n) is 3.41. The summed E-state index contributed by atoms with van der Waals surface area (Å²) in [5.74, 6) is 0.890. The van der Waals surface area contributed by atoms with Crippen molar-refractivity contribution in [1.82, 2.24) is 20.1 Å². The molecule has 0 aliphatic heterocycles. The van der Waals surface area contributed by atoms with Crippen LogP contribution < -0.4 is 0 Å². The molecule has 0 saturated carbocycles. The van der Waals surface area contributed by atoms with Crippen molar-refractivity contribution in [2.45, 2.75) is 0 Å². The average molecular weight is 300 g/mol. The van der Waals surface area contributed by atoms with Crippen molar-refractivity contribution in [3.05, 3.63) is 73.2 Å². The van der Waals surface area contributed by atoms with Crippen molar-refractivity contribution in [3.8, 4) is 34.1 Å². The Balaban J connectivity index is 1.71. The molecule has 0 fully saturated rings. The first-order chi connectivity index (χ1) is 11.4. The van der Waals surface area contributed by atoms with Gasteiger partial charge in [0.05, 0.1) is 5.56 Å². The van der Waals surface area contributed by atoms with E-state index in [0.29, 0.717) is 17.4 Å². The highest BCUT2D eigenvalue weighted by Gasteiger charge is 2.12. The first-order valence-corrected chi connectivity index (χ1v) is 7.16. The summed E-state index contributed by atoms with van der Waals surface area (Å²) in [7, 11) is 0. The summed E-state index contributed by atoms with van der Waals surface area (Å²) in [6, 6.07) is 17.6. The highest BCUT2D eigenvalue weighted by molar-refractivity contribution is 5.68. The fraction of sp³-hybridized carbons (Fsp3) is 0. The molecule has 0 atom stereocenters. The molecular formula is C18H12N4O. The van der Waals surface area contributed by atoms with E-state index >= 15 is 0 Å². The van der Waals surface area contributed by atoms with Gasteiger partial charge in [0.25, 0.3) is 5.89 Å². The van der Waals surface area contributed by atoms with E-state index in [9.17, 15) is 0 Å². The van der Waals surface area contributed by atoms with E-state index < -0.39 is 0 Å². The minimum absolute atomic E-state index is 0.427. The van der Waals surface area contributed by atoms with E-state index in [1.54, 1.807) is 12.4 Å². The maximum Gasteiger partial charge on any atom is 0.259 e. The topological polar surface area (TPSA) is 64.7 Å². The molecule has 0 aliphatic rings. The van der Waals surface area contributed by atoms with Gasteiger partial charge < -0.3 is 4.52 Å². The lowest BCUT2D eigenvalue weighted by atomic mass is 10.1. The summed E-state index contributed by atoms with van der Waals surface area (Å²) in [6.07, 6.45) is 5.22. The van der Waals surface area contributed by atoms with Crippen molar-refractivity contribution in [1.29, 1.82) is 0 Å². The quantitative estimate of drug-likeness (QED) is 0.575. The highest BCUT2D eigenvalue weighted by Crippen LogP contribution is 2.25. The van der Waals surface area contributed by atoms with Crippen LogP contribution in [0.25, 0.3) is 34.1 Å². The third kappa shape index (κ3) is 2.72. The Hall–Kier alpha value is -3.34. The van der Waals surface area contributed by atoms with Crippen LogP contribution in [0.1, 0.15) is 0 Å². The van der Waals surface area contributed by atoms with Gasteiger partial charge in [-0.25, -0.2) is 0 Å². The molecule has 3 aromatic heterocycles. The normalized spacial score (nSPS) is 10.6. The molecular weight excluding hydrogens is 288 g/mol. The molecule has 0 N–H and O–H groups in total. The number of benzene rings is 1. The molecule has 110 valence electrons. The van der Waals surface area contributed by atoms with E-state index in [-0.39, 0.29) is 0 Å². The number of rotatable bonds is 3. The average Bonchev–Trinajstić information content (AvgIpc) is 3.14. The summed E-state index contributed by atoms with van der Waals surface area (Å²) in [5, 5.41) is 3.99. The van der Waals surface area contributed by atoms with Gasteiger partial charge in [0, 0.05) is 24.2 Å². The molecule has 23 heavy (non-hydrogen) atoms. The molecule has 4 rings (SSSR count). The predicted molar refractivity (Wildman–Crippen MR) is 86.2 cm³/mol. The van der Waals surface area contributed by atoms with E-state index in [1.807, 2.05) is 60.8 Å². The monoisotopic (exact) mass is 300 g/mol. The maximum absolute atomic E-state index is 5.35. The lowest BCUT2D eigenvalue weighted by Crippen LogP contribution is -1.86. The van der Waals surface area contributed by atoms with Crippen LogP contribution in [-0.4, -0.2) is 20.1 Å². The standard InChI is InChI=1S/C18H12N4O/c1-2-6-13(7-3-1)14-10-15(12-19-11-14)18-21-17(22-23-18)16-8-4-5-9-20-16/h1-12H. The largest absolute Gasteiger partial charge is 0.333 e. The van der Waals surface area contributed by atoms with Gasteiger partial charge in [-0.2, -0.15) is 4.98 Å². The van der Waals surface area contributed by atoms with Crippen molar-refractivity contribution in [2.75, 3.05) is 0 Å². The third-order valence-corrected chi connectivity index (χ3v) is 3.41. The Morgan fingerprint density at radius 1 is 0.783 bits per heavy atom. The lowest BCUT2D eigenvalue weighted by molar-refractivity contribution is 0.432. The van der Waals surface area contributed by atoms with Gasteiger partial charge >= 0.3 is 0 Å². The van der Waals surface area contributed by atoms with Crippen LogP contribution in [0.3, 0.4) is 0 Å². The van der Waals surface area contributed by atoms with E-state index in [1.165, 1.54) is 0 Å². The van der Waals surface area contributed by atoms with E-state index in [4.69, 9.17) is 4.52 Å². The first-order valence-electron chi connectivity index (χ1n) is 7.16. The summed E-state index contributed by atoms with van der Waals surface area (Å²) >= 11 is 0. The Morgan fingerprint density at radius 2 is 1.61 bits per heavy atom. The van der Waals surface area contributed by atoms with Crippen molar-refractivity contribution in [3.63, 3.8) is 0 Å². The molecule has 0 amide bonds. The van der Waals surface area contributed by atoms with Crippen LogP contribution in [-0.2, 0) is 0 Å². The molecule has 1 aromatic carbocycles. The SMILES string of the molecule is c1ccc(-c2cncc(-c3nc(-c4ccccn4)no3)c2)cc1. The van der Waals surface area contributed by atoms with Crippen LogP contribution in [0.5, 0.6) is 0 Å². The predicted octanol–water partition coefficient (Wildman–Crippen LogP) is 3.86. The molecule has 5 heteroatoms. The molecule has 0 aliphatic carbocycles. The number of hydrogen-bond donors (Lipinski definition) is 0. The number of aromatic nitrogens is 4. The number of hydrogen-bond acceptors (Lipinski definition) is 5. The minimum atomic E-state index is 0.427. The second-order valence-corrected chi connectivity index (χ2v) is 4.97. The van der Waals surface area contributed by atoms with Gasteiger partial charge in [-0.3, -0.25) is 9.97 Å². The van der Waals surface area contributed by atoms with Crippen LogP contribution in [0, 0.1) is 0 Å². The molecule has 3 heterocycles. The zero-order valence-electron chi connectivity index (χ0n) is 12.1. The van der Waals surface area contributed by atoms with E-state index in [2.05, 4.69) is 20.1 Å². The van der Waals surface area contributed by atoms with Crippen molar-refractivity contribution in [2.24, 2.45) is 0 Å². The Labute approximate surface area is 132 Å². The second kappa shape index (κ2) is 5.81. The van der Waals surface area contributed by atoms with Crippen LogP contribution in [0.4, 0.5) is 0 Å². The Bertz CT molecular complexity index is 920. The zero-order valence-corrected chi connectivity index (χ0v) is 12.1. The molecule has 5 nitrogen and oxygen atoms in total. The fourth-order valence-corrected chi connectivity index (χ4v) is 2.29. The molecule has 4 aromatic rings. The summed E-state index contributed by atoms with van der Waals surface area (Å²) in [6.45, 7) is 0. The molecule has 0 radical (unpaired) electrons. The van der Waals surface area contributed by atoms with Crippen LogP contribution >= 0.6 is 0 Å². The van der Waals surface area contributed by atoms with Gasteiger partial charge in [0.1, 0.15) is 5.69 Å². The lowest BCUT2D eigenvalue weighted by Gasteiger charge is -2.01. The first kappa shape index (κ1) is 13.3. The Kier molecular flexibility index (Phi) is 3.37. The second-order valence-electron chi connectivity index (χ2n) is 4.97. The van der Waals surface area contributed by atoms with Crippen molar-refractivity contribution < 1.29 is 4.52 Å². The molecule has 0 bridgehead atoms. The summed E-state index contributed by atoms with van der Waals surface area (Å²) in [4.78, 5) is 12.9. The summed E-state index contributed by atoms with van der Waals surface area (Å²) in [5.41, 5.74) is 3.54. The molecule has 0 saturated heterocycles. The summed E-state index contributed by atoms with van der Waals surface area (Å²) < 4.78 is 5.35. The fourth-order valence-electron chi connectivity index (χ4n) is 2.29. The van der Waals surface area contributed by atoms with Crippen LogP contribution in [0.2, 0.25) is 0 Å². The highest BCUT2D eigenvalue weighted by atomic mass is 16.5. The van der Waals surface area contributed by atoms with Gasteiger partial charge in [-0.15, -0.1) is 0 Å². The minimum Gasteiger partial charge on any atom is -0.333 e. The smallest absolute Gasteiger partial charge is 0.259 e. The number of pyridine rings is 2. The molecule has 0 spiro atoms. The van der Waals surface area contributed by atoms with Gasteiger partial charge in [-0.05, 0) is 23.8 Å². The van der Waals surface area contributed by atoms with Gasteiger partial charge in [-0.1, -0.05) is 41.6 Å². The zero-order chi connectivity index (χ0) is 15.5.